The molecule has 0 atom stereocenters. The van der Waals surface area contributed by atoms with Gasteiger partial charge >= 0.3 is 0 Å². The van der Waals surface area contributed by atoms with Gasteiger partial charge < -0.3 is 14.8 Å². The van der Waals surface area contributed by atoms with Crippen molar-refractivity contribution in [3.05, 3.63) is 83.4 Å². The molecule has 3 aromatic rings. The molecule has 0 heterocycles. The molecule has 31 heavy (non-hydrogen) atoms. The minimum Gasteiger partial charge on any atom is -0.497 e. The van der Waals surface area contributed by atoms with Crippen LogP contribution in [-0.4, -0.2) is 28.5 Å². The van der Waals surface area contributed by atoms with Gasteiger partial charge in [-0.1, -0.05) is 24.3 Å². The first-order chi connectivity index (χ1) is 14.8. The van der Waals surface area contributed by atoms with Gasteiger partial charge in [0.2, 0.25) is 0 Å². The summed E-state index contributed by atoms with van der Waals surface area (Å²) in [5.41, 5.74) is 2.13. The number of benzene rings is 3. The third-order valence-corrected chi connectivity index (χ3v) is 6.11. The fraction of sp³-hybridized carbons (Fsp3) is 0.174. The lowest BCUT2D eigenvalue weighted by Gasteiger charge is -2.14. The highest BCUT2D eigenvalue weighted by Crippen LogP contribution is 2.24. The summed E-state index contributed by atoms with van der Waals surface area (Å²) in [5, 5.41) is 2.83. The Labute approximate surface area is 182 Å². The van der Waals surface area contributed by atoms with Crippen molar-refractivity contribution >= 4 is 21.6 Å². The van der Waals surface area contributed by atoms with Gasteiger partial charge in [0.1, 0.15) is 11.5 Å². The summed E-state index contributed by atoms with van der Waals surface area (Å²) in [5.74, 6) is 0.935. The second-order valence-electron chi connectivity index (χ2n) is 6.81. The van der Waals surface area contributed by atoms with Crippen LogP contribution in [0.5, 0.6) is 11.5 Å². The zero-order valence-electron chi connectivity index (χ0n) is 17.5. The highest BCUT2D eigenvalue weighted by atomic mass is 32.2. The number of rotatable bonds is 8. The number of carbonyl (C=O) groups excluding carboxylic acids is 1. The van der Waals surface area contributed by atoms with E-state index in [1.165, 1.54) is 18.2 Å². The normalized spacial score (nSPS) is 10.9. The highest BCUT2D eigenvalue weighted by molar-refractivity contribution is 7.92. The first kappa shape index (κ1) is 22.2. The lowest BCUT2D eigenvalue weighted by atomic mass is 10.1. The maximum Gasteiger partial charge on any atom is 0.261 e. The number of sulfonamides is 1. The van der Waals surface area contributed by atoms with Crippen molar-refractivity contribution in [2.24, 2.45) is 0 Å². The van der Waals surface area contributed by atoms with E-state index in [0.717, 1.165) is 5.56 Å². The van der Waals surface area contributed by atoms with Gasteiger partial charge in [-0.05, 0) is 55.0 Å². The van der Waals surface area contributed by atoms with Crippen molar-refractivity contribution in [1.29, 1.82) is 0 Å². The van der Waals surface area contributed by atoms with Crippen LogP contribution in [0.15, 0.2) is 71.6 Å². The number of amides is 1. The summed E-state index contributed by atoms with van der Waals surface area (Å²) in [4.78, 5) is 12.9. The molecule has 3 rings (SSSR count). The van der Waals surface area contributed by atoms with E-state index in [0.29, 0.717) is 28.3 Å². The molecule has 8 heteroatoms. The predicted octanol–water partition coefficient (Wildman–Crippen LogP) is 3.74. The maximum absolute atomic E-state index is 12.7. The van der Waals surface area contributed by atoms with Crippen LogP contribution in [0.4, 0.5) is 5.69 Å². The second-order valence-corrected chi connectivity index (χ2v) is 8.49. The molecule has 0 bridgehead atoms. The summed E-state index contributed by atoms with van der Waals surface area (Å²) in [7, 11) is -0.645. The van der Waals surface area contributed by atoms with Crippen molar-refractivity contribution in [2.45, 2.75) is 18.4 Å². The largest absolute Gasteiger partial charge is 0.497 e. The Morgan fingerprint density at radius 3 is 2.35 bits per heavy atom. The molecule has 0 unspecified atom stereocenters. The minimum absolute atomic E-state index is 0.148. The molecule has 0 aromatic heterocycles. The smallest absolute Gasteiger partial charge is 0.261 e. The molecule has 0 radical (unpaired) electrons. The number of aryl methyl sites for hydroxylation is 1. The van der Waals surface area contributed by atoms with E-state index in [1.807, 2.05) is 0 Å². The molecular formula is C23H24N2O5S. The Morgan fingerprint density at radius 2 is 1.68 bits per heavy atom. The Morgan fingerprint density at radius 1 is 0.935 bits per heavy atom. The van der Waals surface area contributed by atoms with Crippen LogP contribution >= 0.6 is 0 Å². The molecule has 2 N–H and O–H groups in total. The first-order valence-corrected chi connectivity index (χ1v) is 11.0. The zero-order chi connectivity index (χ0) is 22.4. The third-order valence-electron chi connectivity index (χ3n) is 4.72. The standard InChI is InChI=1S/C23H24N2O5S/c1-16-9-10-17(14-21(16)25-31(27,28)20-7-5-4-6-8-20)23(26)24-15-18-13-19(29-2)11-12-22(18)30-3/h4-14,25H,15H2,1-3H3,(H,24,26). The van der Waals surface area contributed by atoms with Gasteiger partial charge in [-0.2, -0.15) is 0 Å². The average molecular weight is 441 g/mol. The van der Waals surface area contributed by atoms with Crippen LogP contribution in [0.3, 0.4) is 0 Å². The van der Waals surface area contributed by atoms with Crippen molar-refractivity contribution in [3.8, 4) is 11.5 Å². The number of hydrogen-bond donors (Lipinski definition) is 2. The van der Waals surface area contributed by atoms with Crippen LogP contribution in [-0.2, 0) is 16.6 Å². The maximum atomic E-state index is 12.7. The number of ether oxygens (including phenoxy) is 2. The van der Waals surface area contributed by atoms with Crippen molar-refractivity contribution in [1.82, 2.24) is 5.32 Å². The zero-order valence-corrected chi connectivity index (χ0v) is 18.3. The van der Waals surface area contributed by atoms with E-state index in [2.05, 4.69) is 10.0 Å². The van der Waals surface area contributed by atoms with Gasteiger partial charge in [0.05, 0.1) is 24.8 Å². The van der Waals surface area contributed by atoms with Crippen LogP contribution in [0, 0.1) is 6.92 Å². The van der Waals surface area contributed by atoms with Crippen LogP contribution in [0.1, 0.15) is 21.5 Å². The van der Waals surface area contributed by atoms with E-state index >= 15 is 0 Å². The molecule has 0 aliphatic rings. The Balaban J connectivity index is 1.78. The molecule has 0 aliphatic carbocycles. The van der Waals surface area contributed by atoms with Gasteiger partial charge in [0, 0.05) is 17.7 Å². The lowest BCUT2D eigenvalue weighted by molar-refractivity contribution is 0.0950. The number of hydrogen-bond acceptors (Lipinski definition) is 5. The molecule has 3 aromatic carbocycles. The Hall–Kier alpha value is -3.52. The quantitative estimate of drug-likeness (QED) is 0.557. The fourth-order valence-electron chi connectivity index (χ4n) is 2.97. The van der Waals surface area contributed by atoms with Gasteiger partial charge in [-0.25, -0.2) is 8.42 Å². The molecule has 0 fully saturated rings. The summed E-state index contributed by atoms with van der Waals surface area (Å²) in [6.07, 6.45) is 0. The SMILES string of the molecule is COc1ccc(OC)c(CNC(=O)c2ccc(C)c(NS(=O)(=O)c3ccccc3)c2)c1. The van der Waals surface area contributed by atoms with Gasteiger partial charge in [-0.3, -0.25) is 9.52 Å². The van der Waals surface area contributed by atoms with E-state index in [4.69, 9.17) is 9.47 Å². The lowest BCUT2D eigenvalue weighted by Crippen LogP contribution is -2.23. The summed E-state index contributed by atoms with van der Waals surface area (Å²) in [6.45, 7) is 1.99. The average Bonchev–Trinajstić information content (AvgIpc) is 2.79. The molecule has 7 nitrogen and oxygen atoms in total. The molecule has 162 valence electrons. The van der Waals surface area contributed by atoms with Gasteiger partial charge in [0.25, 0.3) is 15.9 Å². The Bertz CT molecular complexity index is 1180. The Kier molecular flexibility index (Phi) is 6.81. The van der Waals surface area contributed by atoms with Crippen LogP contribution < -0.4 is 19.5 Å². The van der Waals surface area contributed by atoms with Gasteiger partial charge in [-0.15, -0.1) is 0 Å². The molecule has 0 saturated heterocycles. The first-order valence-electron chi connectivity index (χ1n) is 9.51. The number of nitrogens with one attached hydrogen (secondary N) is 2. The van der Waals surface area contributed by atoms with E-state index in [-0.39, 0.29) is 17.3 Å². The van der Waals surface area contributed by atoms with Crippen LogP contribution in [0.2, 0.25) is 0 Å². The third kappa shape index (κ3) is 5.35. The predicted molar refractivity (Wildman–Crippen MR) is 119 cm³/mol. The van der Waals surface area contributed by atoms with Gasteiger partial charge in [0.15, 0.2) is 0 Å². The monoisotopic (exact) mass is 440 g/mol. The highest BCUT2D eigenvalue weighted by Gasteiger charge is 2.16. The van der Waals surface area contributed by atoms with E-state index in [9.17, 15) is 13.2 Å². The molecule has 1 amide bonds. The summed E-state index contributed by atoms with van der Waals surface area (Å²) >= 11 is 0. The molecule has 0 spiro atoms. The summed E-state index contributed by atoms with van der Waals surface area (Å²) in [6, 6.07) is 18.3. The van der Waals surface area contributed by atoms with E-state index in [1.54, 1.807) is 69.7 Å². The second kappa shape index (κ2) is 9.53. The van der Waals surface area contributed by atoms with Crippen molar-refractivity contribution < 1.29 is 22.7 Å². The van der Waals surface area contributed by atoms with Crippen molar-refractivity contribution in [2.75, 3.05) is 18.9 Å². The van der Waals surface area contributed by atoms with Crippen molar-refractivity contribution in [3.63, 3.8) is 0 Å². The topological polar surface area (TPSA) is 93.7 Å². The number of methoxy groups -OCH3 is 2. The molecular weight excluding hydrogens is 416 g/mol. The molecule has 0 aliphatic heterocycles. The van der Waals surface area contributed by atoms with E-state index < -0.39 is 10.0 Å². The number of anilines is 1. The van der Waals surface area contributed by atoms with Crippen LogP contribution in [0.25, 0.3) is 0 Å². The minimum atomic E-state index is -3.76. The summed E-state index contributed by atoms with van der Waals surface area (Å²) < 4.78 is 38.4. The number of carbonyl (C=O) groups is 1. The fourth-order valence-corrected chi connectivity index (χ4v) is 4.12. The molecule has 0 saturated carbocycles.